The van der Waals surface area contributed by atoms with E-state index in [1.54, 1.807) is 0 Å². The Morgan fingerprint density at radius 3 is 2.53 bits per heavy atom. The van der Waals surface area contributed by atoms with Gasteiger partial charge in [-0.3, -0.25) is 4.79 Å². The molecule has 0 aromatic heterocycles. The number of nitrogens with zero attached hydrogens (tertiary/aromatic N) is 1. The first kappa shape index (κ1) is 10.5. The Morgan fingerprint density at radius 2 is 2.13 bits per heavy atom. The first-order chi connectivity index (χ1) is 7.27. The maximum Gasteiger partial charge on any atom is 0.240 e. The van der Waals surface area contributed by atoms with Gasteiger partial charge in [0, 0.05) is 6.54 Å². The van der Waals surface area contributed by atoms with E-state index in [1.165, 1.54) is 19.3 Å². The Bertz CT molecular complexity index is 284. The molecule has 0 atom stereocenters. The van der Waals surface area contributed by atoms with Crippen LogP contribution in [0.5, 0.6) is 0 Å². The van der Waals surface area contributed by atoms with Gasteiger partial charge in [-0.2, -0.15) is 5.26 Å². The normalized spacial score (nSPS) is 23.4. The summed E-state index contributed by atoms with van der Waals surface area (Å²) in [5.41, 5.74) is -0.667. The quantitative estimate of drug-likeness (QED) is 0.764. The lowest BCUT2D eigenvalue weighted by Gasteiger charge is -2.33. The summed E-state index contributed by atoms with van der Waals surface area (Å²) in [6.07, 6.45) is 7.59. The molecule has 0 aromatic rings. The highest BCUT2D eigenvalue weighted by Crippen LogP contribution is 2.40. The second kappa shape index (κ2) is 4.22. The van der Waals surface area contributed by atoms with Gasteiger partial charge in [0.05, 0.1) is 6.07 Å². The summed E-state index contributed by atoms with van der Waals surface area (Å²) in [7, 11) is 0. The van der Waals surface area contributed by atoms with Gasteiger partial charge in [0.25, 0.3) is 0 Å². The summed E-state index contributed by atoms with van der Waals surface area (Å²) in [4.78, 5) is 11.7. The van der Waals surface area contributed by atoms with Crippen molar-refractivity contribution in [3.8, 4) is 6.07 Å². The third-order valence-electron chi connectivity index (χ3n) is 3.92. The number of nitriles is 1. The number of carbonyl (C=O) groups is 1. The van der Waals surface area contributed by atoms with Crippen molar-refractivity contribution >= 4 is 5.91 Å². The first-order valence-corrected chi connectivity index (χ1v) is 5.96. The van der Waals surface area contributed by atoms with Crippen molar-refractivity contribution in [1.29, 1.82) is 5.26 Å². The first-order valence-electron chi connectivity index (χ1n) is 5.96. The van der Waals surface area contributed by atoms with E-state index in [9.17, 15) is 4.79 Å². The Balaban J connectivity index is 1.69. The summed E-state index contributed by atoms with van der Waals surface area (Å²) >= 11 is 0. The second-order valence-corrected chi connectivity index (χ2v) is 4.89. The van der Waals surface area contributed by atoms with Crippen molar-refractivity contribution < 1.29 is 4.79 Å². The molecule has 0 bridgehead atoms. The zero-order valence-electron chi connectivity index (χ0n) is 9.09. The van der Waals surface area contributed by atoms with E-state index < -0.39 is 5.41 Å². The number of rotatable bonds is 4. The van der Waals surface area contributed by atoms with Crippen LogP contribution in [-0.2, 0) is 4.79 Å². The van der Waals surface area contributed by atoms with Crippen molar-refractivity contribution in [2.24, 2.45) is 11.3 Å². The Kier molecular flexibility index (Phi) is 2.95. The second-order valence-electron chi connectivity index (χ2n) is 4.89. The molecule has 1 N–H and O–H groups in total. The van der Waals surface area contributed by atoms with Crippen LogP contribution < -0.4 is 5.32 Å². The van der Waals surface area contributed by atoms with Crippen LogP contribution in [0.3, 0.4) is 0 Å². The summed E-state index contributed by atoms with van der Waals surface area (Å²) in [5.74, 6) is 0.792. The van der Waals surface area contributed by atoms with Gasteiger partial charge < -0.3 is 5.32 Å². The maximum atomic E-state index is 11.7. The highest BCUT2D eigenvalue weighted by Gasteiger charge is 2.44. The third kappa shape index (κ3) is 1.99. The molecule has 0 spiro atoms. The number of hydrogen-bond donors (Lipinski definition) is 1. The minimum Gasteiger partial charge on any atom is -0.355 e. The summed E-state index contributed by atoms with van der Waals surface area (Å²) in [6, 6.07) is 2.17. The number of amides is 1. The van der Waals surface area contributed by atoms with Gasteiger partial charge in [-0.15, -0.1) is 0 Å². The average molecular weight is 206 g/mol. The molecule has 0 aromatic carbocycles. The van der Waals surface area contributed by atoms with Crippen LogP contribution >= 0.6 is 0 Å². The molecule has 0 saturated heterocycles. The standard InChI is InChI=1S/C12H18N2O/c13-9-12(6-2-7-12)11(15)14-8-5-10-3-1-4-10/h10H,1-8H2,(H,14,15). The summed E-state index contributed by atoms with van der Waals surface area (Å²) in [6.45, 7) is 0.757. The molecule has 1 amide bonds. The van der Waals surface area contributed by atoms with E-state index in [0.717, 1.165) is 38.1 Å². The van der Waals surface area contributed by atoms with E-state index in [1.807, 2.05) is 0 Å². The van der Waals surface area contributed by atoms with Crippen molar-refractivity contribution in [3.63, 3.8) is 0 Å². The summed E-state index contributed by atoms with van der Waals surface area (Å²) < 4.78 is 0. The minimum absolute atomic E-state index is 0.0319. The van der Waals surface area contributed by atoms with Crippen molar-refractivity contribution in [1.82, 2.24) is 5.32 Å². The third-order valence-corrected chi connectivity index (χ3v) is 3.92. The van der Waals surface area contributed by atoms with Gasteiger partial charge in [-0.25, -0.2) is 0 Å². The maximum absolute atomic E-state index is 11.7. The van der Waals surface area contributed by atoms with Crippen LogP contribution in [0, 0.1) is 22.7 Å². The smallest absolute Gasteiger partial charge is 0.240 e. The molecule has 3 heteroatoms. The van der Waals surface area contributed by atoms with E-state index in [2.05, 4.69) is 11.4 Å². The molecule has 0 radical (unpaired) electrons. The van der Waals surface area contributed by atoms with Gasteiger partial charge in [0.15, 0.2) is 0 Å². The lowest BCUT2D eigenvalue weighted by Crippen LogP contribution is -2.45. The number of hydrogen-bond acceptors (Lipinski definition) is 2. The Labute approximate surface area is 90.8 Å². The van der Waals surface area contributed by atoms with Crippen molar-refractivity contribution in [2.75, 3.05) is 6.54 Å². The molecule has 0 unspecified atom stereocenters. The zero-order valence-corrected chi connectivity index (χ0v) is 9.09. The van der Waals surface area contributed by atoms with Crippen molar-refractivity contribution in [3.05, 3.63) is 0 Å². The van der Waals surface area contributed by atoms with Crippen LogP contribution in [0.25, 0.3) is 0 Å². The van der Waals surface area contributed by atoms with Crippen LogP contribution in [-0.4, -0.2) is 12.5 Å². The highest BCUT2D eigenvalue weighted by molar-refractivity contribution is 5.86. The van der Waals surface area contributed by atoms with E-state index in [0.29, 0.717) is 0 Å². The monoisotopic (exact) mass is 206 g/mol. The summed E-state index contributed by atoms with van der Waals surface area (Å²) in [5, 5.41) is 11.9. The average Bonchev–Trinajstić information content (AvgIpc) is 2.08. The molecule has 2 saturated carbocycles. The largest absolute Gasteiger partial charge is 0.355 e. The molecule has 2 fully saturated rings. The lowest BCUT2D eigenvalue weighted by atomic mass is 9.69. The molecule has 0 heterocycles. The molecule has 2 rings (SSSR count). The number of carbonyl (C=O) groups excluding carboxylic acids is 1. The van der Waals surface area contributed by atoms with Gasteiger partial charge in [0.2, 0.25) is 5.91 Å². The van der Waals surface area contributed by atoms with Gasteiger partial charge in [-0.1, -0.05) is 19.3 Å². The minimum atomic E-state index is -0.667. The van der Waals surface area contributed by atoms with Crippen LogP contribution in [0.2, 0.25) is 0 Å². The number of nitrogens with one attached hydrogen (secondary N) is 1. The zero-order chi connectivity index (χ0) is 10.7. The van der Waals surface area contributed by atoms with Gasteiger partial charge in [-0.05, 0) is 31.6 Å². The molecule has 0 aliphatic heterocycles. The molecule has 2 aliphatic carbocycles. The predicted octanol–water partition coefficient (Wildman–Crippen LogP) is 1.99. The fraction of sp³-hybridized carbons (Fsp3) is 0.833. The van der Waals surface area contributed by atoms with Crippen LogP contribution in [0.1, 0.15) is 44.9 Å². The van der Waals surface area contributed by atoms with E-state index in [4.69, 9.17) is 5.26 Å². The van der Waals surface area contributed by atoms with E-state index in [-0.39, 0.29) is 5.91 Å². The lowest BCUT2D eigenvalue weighted by molar-refractivity contribution is -0.131. The Morgan fingerprint density at radius 1 is 1.40 bits per heavy atom. The molecular formula is C12H18N2O. The van der Waals surface area contributed by atoms with Crippen LogP contribution in [0.15, 0.2) is 0 Å². The molecular weight excluding hydrogens is 188 g/mol. The van der Waals surface area contributed by atoms with E-state index >= 15 is 0 Å². The molecule has 3 nitrogen and oxygen atoms in total. The SMILES string of the molecule is N#CC1(C(=O)NCCC2CCC2)CCC1. The van der Waals surface area contributed by atoms with Crippen molar-refractivity contribution in [2.45, 2.75) is 44.9 Å². The fourth-order valence-electron chi connectivity index (χ4n) is 2.26. The highest BCUT2D eigenvalue weighted by atomic mass is 16.2. The fourth-order valence-corrected chi connectivity index (χ4v) is 2.26. The molecule has 82 valence electrons. The van der Waals surface area contributed by atoms with Gasteiger partial charge in [0.1, 0.15) is 5.41 Å². The Hall–Kier alpha value is -1.04. The van der Waals surface area contributed by atoms with Gasteiger partial charge >= 0.3 is 0 Å². The predicted molar refractivity (Wildman–Crippen MR) is 56.9 cm³/mol. The molecule has 2 aliphatic rings. The topological polar surface area (TPSA) is 52.9 Å². The molecule has 15 heavy (non-hydrogen) atoms. The van der Waals surface area contributed by atoms with Crippen LogP contribution in [0.4, 0.5) is 0 Å².